The Kier molecular flexibility index (Phi) is 5.74. The molecule has 96 valence electrons. The molecular formula is C12H21N3S2. The van der Waals surface area contributed by atoms with Gasteiger partial charge in [0.2, 0.25) is 0 Å². The van der Waals surface area contributed by atoms with E-state index in [9.17, 15) is 0 Å². The van der Waals surface area contributed by atoms with Gasteiger partial charge in [-0.05, 0) is 25.3 Å². The van der Waals surface area contributed by atoms with Gasteiger partial charge in [0.15, 0.2) is 4.34 Å². The molecule has 0 amide bonds. The van der Waals surface area contributed by atoms with E-state index in [0.717, 1.165) is 22.6 Å². The van der Waals surface area contributed by atoms with Crippen LogP contribution in [-0.4, -0.2) is 28.5 Å². The minimum Gasteiger partial charge on any atom is -0.313 e. The van der Waals surface area contributed by atoms with Gasteiger partial charge in [-0.15, -0.1) is 10.2 Å². The van der Waals surface area contributed by atoms with Crippen LogP contribution in [-0.2, 0) is 0 Å². The van der Waals surface area contributed by atoms with E-state index in [-0.39, 0.29) is 0 Å². The SMILES string of the molecule is CCNC(CSc1nncs1)C1CCCCC1. The van der Waals surface area contributed by atoms with E-state index >= 15 is 0 Å². The fraction of sp³-hybridized carbons (Fsp3) is 0.833. The summed E-state index contributed by atoms with van der Waals surface area (Å²) in [5.41, 5.74) is 1.81. The molecule has 0 saturated heterocycles. The fourth-order valence-electron chi connectivity index (χ4n) is 2.55. The highest BCUT2D eigenvalue weighted by atomic mass is 32.2. The van der Waals surface area contributed by atoms with Crippen LogP contribution in [0.5, 0.6) is 0 Å². The molecular weight excluding hydrogens is 250 g/mol. The average molecular weight is 271 g/mol. The molecule has 0 bridgehead atoms. The molecule has 1 aromatic heterocycles. The van der Waals surface area contributed by atoms with Crippen LogP contribution in [0.1, 0.15) is 39.0 Å². The van der Waals surface area contributed by atoms with Gasteiger partial charge in [0.1, 0.15) is 5.51 Å². The Hall–Kier alpha value is -0.130. The highest BCUT2D eigenvalue weighted by molar-refractivity contribution is 8.01. The van der Waals surface area contributed by atoms with Gasteiger partial charge in [-0.1, -0.05) is 49.3 Å². The van der Waals surface area contributed by atoms with E-state index in [1.165, 1.54) is 32.1 Å². The van der Waals surface area contributed by atoms with Crippen LogP contribution in [0.25, 0.3) is 0 Å². The lowest BCUT2D eigenvalue weighted by molar-refractivity contribution is 0.288. The lowest BCUT2D eigenvalue weighted by atomic mass is 9.84. The number of rotatable bonds is 6. The van der Waals surface area contributed by atoms with Crippen molar-refractivity contribution in [3.05, 3.63) is 5.51 Å². The molecule has 0 spiro atoms. The summed E-state index contributed by atoms with van der Waals surface area (Å²) in [5, 5.41) is 11.6. The Morgan fingerprint density at radius 1 is 1.47 bits per heavy atom. The van der Waals surface area contributed by atoms with Gasteiger partial charge < -0.3 is 5.32 Å². The Labute approximate surface area is 112 Å². The first-order valence-corrected chi connectivity index (χ1v) is 8.39. The second-order valence-electron chi connectivity index (χ2n) is 4.58. The molecule has 0 aromatic carbocycles. The van der Waals surface area contributed by atoms with Gasteiger partial charge in [-0.25, -0.2) is 0 Å². The molecule has 1 aromatic rings. The smallest absolute Gasteiger partial charge is 0.174 e. The van der Waals surface area contributed by atoms with E-state index in [1.807, 2.05) is 17.3 Å². The van der Waals surface area contributed by atoms with Gasteiger partial charge in [-0.3, -0.25) is 0 Å². The molecule has 1 saturated carbocycles. The molecule has 2 rings (SSSR count). The number of thioether (sulfide) groups is 1. The molecule has 1 fully saturated rings. The molecule has 0 aliphatic heterocycles. The molecule has 0 radical (unpaired) electrons. The normalized spacial score (nSPS) is 19.4. The summed E-state index contributed by atoms with van der Waals surface area (Å²) in [6, 6.07) is 0.647. The van der Waals surface area contributed by atoms with Crippen LogP contribution in [0.15, 0.2) is 9.85 Å². The van der Waals surface area contributed by atoms with Crippen LogP contribution in [0.3, 0.4) is 0 Å². The summed E-state index contributed by atoms with van der Waals surface area (Å²) in [5.74, 6) is 2.00. The Morgan fingerprint density at radius 2 is 2.29 bits per heavy atom. The zero-order valence-electron chi connectivity index (χ0n) is 10.4. The molecule has 1 aliphatic rings. The monoisotopic (exact) mass is 271 g/mol. The molecule has 1 heterocycles. The van der Waals surface area contributed by atoms with Gasteiger partial charge in [0.05, 0.1) is 0 Å². The third kappa shape index (κ3) is 4.23. The first-order valence-electron chi connectivity index (χ1n) is 6.52. The third-order valence-corrected chi connectivity index (χ3v) is 5.39. The second kappa shape index (κ2) is 7.34. The van der Waals surface area contributed by atoms with E-state index in [1.54, 1.807) is 11.3 Å². The number of nitrogens with zero attached hydrogens (tertiary/aromatic N) is 2. The van der Waals surface area contributed by atoms with Gasteiger partial charge in [-0.2, -0.15) is 0 Å². The van der Waals surface area contributed by atoms with Crippen LogP contribution in [0, 0.1) is 5.92 Å². The quantitative estimate of drug-likeness (QED) is 0.806. The average Bonchev–Trinajstić information content (AvgIpc) is 2.88. The maximum absolute atomic E-state index is 4.10. The molecule has 5 heteroatoms. The Bertz CT molecular complexity index is 297. The minimum absolute atomic E-state index is 0.647. The van der Waals surface area contributed by atoms with Crippen molar-refractivity contribution in [3.8, 4) is 0 Å². The number of hydrogen-bond donors (Lipinski definition) is 1. The highest BCUT2D eigenvalue weighted by Gasteiger charge is 2.23. The van der Waals surface area contributed by atoms with Crippen LogP contribution < -0.4 is 5.32 Å². The van der Waals surface area contributed by atoms with Crippen molar-refractivity contribution in [2.75, 3.05) is 12.3 Å². The van der Waals surface area contributed by atoms with Crippen molar-refractivity contribution >= 4 is 23.1 Å². The van der Waals surface area contributed by atoms with Crippen molar-refractivity contribution in [1.29, 1.82) is 0 Å². The first kappa shape index (κ1) is 13.3. The standard InChI is InChI=1S/C12H21N3S2/c1-2-13-11(10-6-4-3-5-7-10)8-16-12-15-14-9-17-12/h9-11,13H,2-8H2,1H3. The maximum Gasteiger partial charge on any atom is 0.174 e. The maximum atomic E-state index is 4.10. The van der Waals surface area contributed by atoms with Crippen molar-refractivity contribution in [3.63, 3.8) is 0 Å². The largest absolute Gasteiger partial charge is 0.313 e. The van der Waals surface area contributed by atoms with Gasteiger partial charge in [0, 0.05) is 11.8 Å². The summed E-state index contributed by atoms with van der Waals surface area (Å²) < 4.78 is 1.10. The summed E-state index contributed by atoms with van der Waals surface area (Å²) in [7, 11) is 0. The van der Waals surface area contributed by atoms with Crippen molar-refractivity contribution < 1.29 is 0 Å². The third-order valence-electron chi connectivity index (χ3n) is 3.41. The molecule has 17 heavy (non-hydrogen) atoms. The summed E-state index contributed by atoms with van der Waals surface area (Å²) in [6.45, 7) is 3.27. The fourth-order valence-corrected chi connectivity index (χ4v) is 4.25. The predicted molar refractivity (Wildman–Crippen MR) is 74.7 cm³/mol. The summed E-state index contributed by atoms with van der Waals surface area (Å²) >= 11 is 3.49. The summed E-state index contributed by atoms with van der Waals surface area (Å²) in [4.78, 5) is 0. The molecule has 1 unspecified atom stereocenters. The van der Waals surface area contributed by atoms with Crippen molar-refractivity contribution in [1.82, 2.24) is 15.5 Å². The lowest BCUT2D eigenvalue weighted by Crippen LogP contribution is -2.39. The second-order valence-corrected chi connectivity index (χ2v) is 6.68. The molecule has 1 N–H and O–H groups in total. The lowest BCUT2D eigenvalue weighted by Gasteiger charge is -2.30. The zero-order valence-corrected chi connectivity index (χ0v) is 12.0. The van der Waals surface area contributed by atoms with Crippen LogP contribution in [0.4, 0.5) is 0 Å². The minimum atomic E-state index is 0.647. The highest BCUT2D eigenvalue weighted by Crippen LogP contribution is 2.30. The summed E-state index contributed by atoms with van der Waals surface area (Å²) in [6.07, 6.45) is 7.05. The predicted octanol–water partition coefficient (Wildman–Crippen LogP) is 3.19. The van der Waals surface area contributed by atoms with E-state index in [2.05, 4.69) is 22.4 Å². The Balaban J connectivity index is 1.82. The van der Waals surface area contributed by atoms with Crippen molar-refractivity contribution in [2.24, 2.45) is 5.92 Å². The first-order chi connectivity index (χ1) is 8.40. The van der Waals surface area contributed by atoms with E-state index in [0.29, 0.717) is 6.04 Å². The Morgan fingerprint density at radius 3 is 2.94 bits per heavy atom. The van der Waals surface area contributed by atoms with Crippen molar-refractivity contribution in [2.45, 2.75) is 49.4 Å². The van der Waals surface area contributed by atoms with E-state index in [4.69, 9.17) is 0 Å². The number of hydrogen-bond acceptors (Lipinski definition) is 5. The number of nitrogens with one attached hydrogen (secondary N) is 1. The zero-order chi connectivity index (χ0) is 11.9. The van der Waals surface area contributed by atoms with E-state index < -0.39 is 0 Å². The van der Waals surface area contributed by atoms with Gasteiger partial charge in [0.25, 0.3) is 0 Å². The van der Waals surface area contributed by atoms with Crippen LogP contribution in [0.2, 0.25) is 0 Å². The van der Waals surface area contributed by atoms with Crippen LogP contribution >= 0.6 is 23.1 Å². The van der Waals surface area contributed by atoms with Gasteiger partial charge >= 0.3 is 0 Å². The topological polar surface area (TPSA) is 37.8 Å². The number of aromatic nitrogens is 2. The molecule has 1 atom stereocenters. The molecule has 1 aliphatic carbocycles. The molecule has 3 nitrogen and oxygen atoms in total.